The lowest BCUT2D eigenvalue weighted by atomic mass is 9.98. The molecule has 0 saturated heterocycles. The van der Waals surface area contributed by atoms with Crippen LogP contribution in [0.1, 0.15) is 11.1 Å². The van der Waals surface area contributed by atoms with Gasteiger partial charge in [-0.05, 0) is 24.3 Å². The average Bonchev–Trinajstić information content (AvgIpc) is 3.29. The van der Waals surface area contributed by atoms with Gasteiger partial charge in [0.25, 0.3) is 0 Å². The standard InChI is InChI=1S/C21H13N3O3/c25-13-5-6-14-17(8-13)27-20-18(15-9-22-24-21(15)23-19(14)20)12-7-11-3-1-2-4-16(11)26-10-12/h1-9H,10H2,(H2,22,23,24). The number of ether oxygens (including phenoxy) is 1. The summed E-state index contributed by atoms with van der Waals surface area (Å²) in [6.07, 6.45) is 3.98. The molecule has 0 bridgehead atoms. The second kappa shape index (κ2) is 5.11. The minimum absolute atomic E-state index is 0.0869. The largest absolute Gasteiger partial charge is 0.488 e. The van der Waals surface area contributed by atoms with E-state index < -0.39 is 0 Å². The fraction of sp³-hybridized carbons (Fsp3) is 0.0476. The number of aromatic amines is 2. The molecule has 0 spiro atoms. The van der Waals surface area contributed by atoms with Crippen molar-refractivity contribution in [1.82, 2.24) is 15.2 Å². The zero-order valence-corrected chi connectivity index (χ0v) is 14.1. The molecule has 0 amide bonds. The average molecular weight is 355 g/mol. The molecule has 4 heterocycles. The van der Waals surface area contributed by atoms with Crippen LogP contribution >= 0.6 is 0 Å². The van der Waals surface area contributed by atoms with Crippen LogP contribution < -0.4 is 10.2 Å². The number of furan rings is 1. The van der Waals surface area contributed by atoms with Crippen molar-refractivity contribution in [3.63, 3.8) is 0 Å². The molecule has 0 saturated carbocycles. The molecule has 130 valence electrons. The molecule has 2 aromatic carbocycles. The highest BCUT2D eigenvalue weighted by atomic mass is 16.5. The molecule has 3 aromatic heterocycles. The second-order valence-corrected chi connectivity index (χ2v) is 6.60. The van der Waals surface area contributed by atoms with E-state index in [1.807, 2.05) is 30.5 Å². The van der Waals surface area contributed by atoms with Gasteiger partial charge < -0.3 is 14.3 Å². The summed E-state index contributed by atoms with van der Waals surface area (Å²) in [5.41, 5.74) is 5.51. The van der Waals surface area contributed by atoms with Gasteiger partial charge in [0.15, 0.2) is 16.7 Å². The van der Waals surface area contributed by atoms with Crippen molar-refractivity contribution in [3.8, 4) is 5.75 Å². The molecule has 6 rings (SSSR count). The number of aromatic nitrogens is 3. The van der Waals surface area contributed by atoms with Crippen LogP contribution in [0.5, 0.6) is 5.75 Å². The van der Waals surface area contributed by atoms with Crippen LogP contribution in [0.2, 0.25) is 0 Å². The van der Waals surface area contributed by atoms with E-state index in [1.54, 1.807) is 6.07 Å². The molecular formula is C21H13N3O3. The van der Waals surface area contributed by atoms with E-state index in [2.05, 4.69) is 16.3 Å². The quantitative estimate of drug-likeness (QED) is 0.474. The number of pyridine rings is 1. The predicted molar refractivity (Wildman–Crippen MR) is 104 cm³/mol. The monoisotopic (exact) mass is 355 g/mol. The van der Waals surface area contributed by atoms with Gasteiger partial charge in [-0.15, -0.1) is 0 Å². The number of rotatable bonds is 1. The third-order valence-electron chi connectivity index (χ3n) is 4.97. The fourth-order valence-corrected chi connectivity index (χ4v) is 3.75. The molecule has 1 aliphatic heterocycles. The van der Waals surface area contributed by atoms with Gasteiger partial charge in [0.1, 0.15) is 23.5 Å². The Morgan fingerprint density at radius 2 is 2.00 bits per heavy atom. The molecule has 0 aliphatic carbocycles. The van der Waals surface area contributed by atoms with Crippen LogP contribution in [0.15, 0.2) is 57.9 Å². The molecule has 6 nitrogen and oxygen atoms in total. The highest BCUT2D eigenvalue weighted by molar-refractivity contribution is 6.13. The Morgan fingerprint density at radius 1 is 1.07 bits per heavy atom. The lowest BCUT2D eigenvalue weighted by Crippen LogP contribution is -2.07. The first-order valence-electron chi connectivity index (χ1n) is 8.63. The summed E-state index contributed by atoms with van der Waals surface area (Å²) >= 11 is 0. The van der Waals surface area contributed by atoms with E-state index in [9.17, 15) is 4.79 Å². The third-order valence-corrected chi connectivity index (χ3v) is 4.97. The van der Waals surface area contributed by atoms with Gasteiger partial charge in [-0.3, -0.25) is 9.89 Å². The van der Waals surface area contributed by atoms with E-state index in [4.69, 9.17) is 14.1 Å². The Labute approximate surface area is 152 Å². The summed E-state index contributed by atoms with van der Waals surface area (Å²) in [5, 5.41) is 7.81. The second-order valence-electron chi connectivity index (χ2n) is 6.60. The summed E-state index contributed by atoms with van der Waals surface area (Å²) in [6.45, 7) is 0.431. The summed E-state index contributed by atoms with van der Waals surface area (Å²) in [5.74, 6) is 0.865. The van der Waals surface area contributed by atoms with Gasteiger partial charge in [-0.1, -0.05) is 18.2 Å². The summed E-state index contributed by atoms with van der Waals surface area (Å²) in [6, 6.07) is 12.7. The Balaban J connectivity index is 1.74. The van der Waals surface area contributed by atoms with Gasteiger partial charge in [0, 0.05) is 39.7 Å². The Bertz CT molecular complexity index is 1450. The number of para-hydroxylation sites is 1. The van der Waals surface area contributed by atoms with Crippen molar-refractivity contribution in [2.24, 2.45) is 0 Å². The van der Waals surface area contributed by atoms with E-state index in [0.29, 0.717) is 17.8 Å². The Kier molecular flexibility index (Phi) is 2.72. The Morgan fingerprint density at radius 3 is 2.96 bits per heavy atom. The number of nitrogens with one attached hydrogen (secondary N) is 2. The van der Waals surface area contributed by atoms with Gasteiger partial charge in [-0.25, -0.2) is 4.98 Å². The normalized spacial score (nSPS) is 13.7. The topological polar surface area (TPSA) is 83.9 Å². The summed E-state index contributed by atoms with van der Waals surface area (Å²) < 4.78 is 12.1. The van der Waals surface area contributed by atoms with Crippen LogP contribution in [0.25, 0.3) is 44.8 Å². The molecule has 5 aromatic rings. The maximum atomic E-state index is 11.7. The number of benzene rings is 2. The molecule has 27 heavy (non-hydrogen) atoms. The molecule has 0 unspecified atom stereocenters. The Hall–Kier alpha value is -3.80. The van der Waals surface area contributed by atoms with E-state index in [1.165, 1.54) is 12.1 Å². The highest BCUT2D eigenvalue weighted by Crippen LogP contribution is 2.39. The van der Waals surface area contributed by atoms with E-state index in [0.717, 1.165) is 44.4 Å². The molecule has 2 N–H and O–H groups in total. The number of hydrogen-bond donors (Lipinski definition) is 2. The maximum Gasteiger partial charge on any atom is 0.182 e. The first-order chi connectivity index (χ1) is 13.3. The first-order valence-corrected chi connectivity index (χ1v) is 8.63. The van der Waals surface area contributed by atoms with Crippen LogP contribution in [0.4, 0.5) is 0 Å². The number of fused-ring (bicyclic) bond motifs is 5. The maximum absolute atomic E-state index is 11.7. The fourth-order valence-electron chi connectivity index (χ4n) is 3.75. The van der Waals surface area contributed by atoms with Crippen LogP contribution in [0, 0.1) is 0 Å². The minimum atomic E-state index is -0.0869. The first kappa shape index (κ1) is 14.4. The molecule has 1 aliphatic rings. The van der Waals surface area contributed by atoms with Crippen molar-refractivity contribution in [1.29, 1.82) is 0 Å². The third kappa shape index (κ3) is 2.01. The van der Waals surface area contributed by atoms with E-state index >= 15 is 0 Å². The van der Waals surface area contributed by atoms with Gasteiger partial charge >= 0.3 is 0 Å². The van der Waals surface area contributed by atoms with Crippen molar-refractivity contribution < 1.29 is 9.15 Å². The highest BCUT2D eigenvalue weighted by Gasteiger charge is 2.22. The van der Waals surface area contributed by atoms with Gasteiger partial charge in [0.05, 0.1) is 0 Å². The molecule has 0 atom stereocenters. The van der Waals surface area contributed by atoms with Crippen molar-refractivity contribution in [3.05, 3.63) is 70.0 Å². The zero-order chi connectivity index (χ0) is 18.0. The van der Waals surface area contributed by atoms with Gasteiger partial charge in [-0.2, -0.15) is 0 Å². The molecular weight excluding hydrogens is 342 g/mol. The SMILES string of the molecule is O=c1ccc2c(c1)oc1c(C3=Cc4ccccc4OC3)c3c[nH][nH]c3nc12. The van der Waals surface area contributed by atoms with Crippen molar-refractivity contribution >= 4 is 44.8 Å². The summed E-state index contributed by atoms with van der Waals surface area (Å²) in [7, 11) is 0. The lowest BCUT2D eigenvalue weighted by Gasteiger charge is -2.18. The summed E-state index contributed by atoms with van der Waals surface area (Å²) in [4.78, 5) is 16.4. The minimum Gasteiger partial charge on any atom is -0.488 e. The zero-order valence-electron chi connectivity index (χ0n) is 14.1. The van der Waals surface area contributed by atoms with E-state index in [-0.39, 0.29) is 5.43 Å². The molecule has 0 radical (unpaired) electrons. The van der Waals surface area contributed by atoms with Crippen LogP contribution in [-0.2, 0) is 0 Å². The van der Waals surface area contributed by atoms with Crippen LogP contribution in [0.3, 0.4) is 0 Å². The number of hydrogen-bond acceptors (Lipinski definition) is 4. The van der Waals surface area contributed by atoms with Crippen molar-refractivity contribution in [2.45, 2.75) is 0 Å². The predicted octanol–water partition coefficient (Wildman–Crippen LogP) is 4.08. The van der Waals surface area contributed by atoms with Crippen molar-refractivity contribution in [2.75, 3.05) is 6.61 Å². The number of nitrogens with zero attached hydrogens (tertiary/aromatic N) is 1. The lowest BCUT2D eigenvalue weighted by molar-refractivity contribution is 0.366. The van der Waals surface area contributed by atoms with Gasteiger partial charge in [0.2, 0.25) is 0 Å². The smallest absolute Gasteiger partial charge is 0.182 e. The molecule has 6 heteroatoms. The van der Waals surface area contributed by atoms with Crippen LogP contribution in [-0.4, -0.2) is 21.8 Å². The number of H-pyrrole nitrogens is 2. The molecule has 0 fully saturated rings.